The molecule has 0 amide bonds. The van der Waals surface area contributed by atoms with E-state index in [1.165, 1.54) is 0 Å². The first-order valence-electron chi connectivity index (χ1n) is 4.46. The number of hydrogen-bond donors (Lipinski definition) is 1. The number of anilines is 1. The van der Waals surface area contributed by atoms with Crippen molar-refractivity contribution in [2.45, 2.75) is 13.0 Å². The molecule has 1 aliphatic heterocycles. The summed E-state index contributed by atoms with van der Waals surface area (Å²) in [5.74, 6) is -0.655. The molecule has 0 unspecified atom stereocenters. The van der Waals surface area contributed by atoms with Crippen LogP contribution in [0.2, 0.25) is 0 Å². The van der Waals surface area contributed by atoms with Gasteiger partial charge in [0.2, 0.25) is 0 Å². The third kappa shape index (κ3) is 1.58. The lowest BCUT2D eigenvalue weighted by atomic mass is 10.2. The van der Waals surface area contributed by atoms with Crippen LogP contribution in [-0.4, -0.2) is 17.6 Å². The summed E-state index contributed by atoms with van der Waals surface area (Å²) in [6.07, 6.45) is 0. The Balaban J connectivity index is 2.56. The number of fused-ring (bicyclic) bond motifs is 1. The molecule has 1 aliphatic rings. The second-order valence-corrected chi connectivity index (χ2v) is 3.38. The number of ether oxygens (including phenoxy) is 1. The number of benzene rings is 1. The Morgan fingerprint density at radius 1 is 1.67 bits per heavy atom. The van der Waals surface area contributed by atoms with Crippen LogP contribution in [0.5, 0.6) is 5.75 Å². The lowest BCUT2D eigenvalue weighted by molar-refractivity contribution is -0.384. The molecule has 5 nitrogen and oxygen atoms in total. The van der Waals surface area contributed by atoms with Crippen molar-refractivity contribution in [3.05, 3.63) is 28.1 Å². The Bertz CT molecular complexity index is 422. The molecule has 0 spiro atoms. The van der Waals surface area contributed by atoms with Crippen molar-refractivity contribution < 1.29 is 14.1 Å². The molecule has 6 heteroatoms. The van der Waals surface area contributed by atoms with E-state index in [1.54, 1.807) is 6.92 Å². The first kappa shape index (κ1) is 9.70. The van der Waals surface area contributed by atoms with Gasteiger partial charge in [0, 0.05) is 6.07 Å². The molecule has 0 bridgehead atoms. The van der Waals surface area contributed by atoms with Crippen LogP contribution in [-0.2, 0) is 0 Å². The maximum Gasteiger partial charge on any atom is 0.296 e. The number of hydrogen-bond acceptors (Lipinski definition) is 4. The summed E-state index contributed by atoms with van der Waals surface area (Å²) in [4.78, 5) is 10.1. The van der Waals surface area contributed by atoms with E-state index in [1.807, 2.05) is 0 Å². The fraction of sp³-hybridized carbons (Fsp3) is 0.333. The highest BCUT2D eigenvalue weighted by Gasteiger charge is 2.27. The van der Waals surface area contributed by atoms with Crippen LogP contribution < -0.4 is 10.1 Å². The largest absolute Gasteiger partial charge is 0.486 e. The van der Waals surface area contributed by atoms with Gasteiger partial charge in [-0.15, -0.1) is 0 Å². The van der Waals surface area contributed by atoms with Gasteiger partial charge in [0.15, 0.2) is 17.3 Å². The minimum absolute atomic E-state index is 0.0673. The molecule has 80 valence electrons. The molecule has 0 aromatic heterocycles. The molecule has 1 aromatic carbocycles. The predicted molar refractivity (Wildman–Crippen MR) is 51.6 cm³/mol. The first-order valence-corrected chi connectivity index (χ1v) is 4.46. The molecule has 1 atom stereocenters. The van der Waals surface area contributed by atoms with Gasteiger partial charge in [-0.25, -0.2) is 4.39 Å². The predicted octanol–water partition coefficient (Wildman–Crippen LogP) is 1.93. The maximum absolute atomic E-state index is 13.3. The highest BCUT2D eigenvalue weighted by atomic mass is 19.1. The quantitative estimate of drug-likeness (QED) is 0.570. The molecular weight excluding hydrogens is 203 g/mol. The molecule has 1 aromatic rings. The zero-order valence-electron chi connectivity index (χ0n) is 7.99. The normalized spacial score (nSPS) is 18.7. The van der Waals surface area contributed by atoms with Crippen molar-refractivity contribution in [2.75, 3.05) is 11.9 Å². The Morgan fingerprint density at radius 2 is 2.40 bits per heavy atom. The SMILES string of the molecule is C[C@H]1COc2c(F)ccc([N+](=O)[O-])c2N1. The van der Waals surface area contributed by atoms with Gasteiger partial charge in [0.05, 0.1) is 11.0 Å². The van der Waals surface area contributed by atoms with Crippen LogP contribution in [0.1, 0.15) is 6.92 Å². The van der Waals surface area contributed by atoms with Gasteiger partial charge >= 0.3 is 0 Å². The van der Waals surface area contributed by atoms with Crippen molar-refractivity contribution in [3.63, 3.8) is 0 Å². The number of nitrogens with one attached hydrogen (secondary N) is 1. The van der Waals surface area contributed by atoms with Gasteiger partial charge in [0.1, 0.15) is 6.61 Å². The van der Waals surface area contributed by atoms with Gasteiger partial charge in [-0.2, -0.15) is 0 Å². The second kappa shape index (κ2) is 3.38. The molecule has 0 saturated carbocycles. The van der Waals surface area contributed by atoms with E-state index in [9.17, 15) is 14.5 Å². The van der Waals surface area contributed by atoms with Crippen molar-refractivity contribution >= 4 is 11.4 Å². The van der Waals surface area contributed by atoms with Gasteiger partial charge in [-0.05, 0) is 13.0 Å². The molecule has 1 heterocycles. The maximum atomic E-state index is 13.3. The lowest BCUT2D eigenvalue weighted by Gasteiger charge is -2.24. The van der Waals surface area contributed by atoms with E-state index >= 15 is 0 Å². The van der Waals surface area contributed by atoms with Crippen molar-refractivity contribution in [3.8, 4) is 5.75 Å². The van der Waals surface area contributed by atoms with Gasteiger partial charge < -0.3 is 10.1 Å². The van der Waals surface area contributed by atoms with Crippen LogP contribution in [0, 0.1) is 15.9 Å². The van der Waals surface area contributed by atoms with Crippen LogP contribution in [0.4, 0.5) is 15.8 Å². The standard InChI is InChI=1S/C9H9FN2O3/c1-5-4-15-9-6(10)2-3-7(12(13)14)8(9)11-5/h2-3,5,11H,4H2,1H3/t5-/m0/s1. The monoisotopic (exact) mass is 212 g/mol. The molecule has 1 N–H and O–H groups in total. The minimum atomic E-state index is -0.588. The highest BCUT2D eigenvalue weighted by molar-refractivity contribution is 5.71. The summed E-state index contributed by atoms with van der Waals surface area (Å²) in [5.41, 5.74) is -0.0447. The van der Waals surface area contributed by atoms with Crippen molar-refractivity contribution in [1.82, 2.24) is 0 Å². The molecule has 15 heavy (non-hydrogen) atoms. The number of halogens is 1. The first-order chi connectivity index (χ1) is 7.09. The average molecular weight is 212 g/mol. The fourth-order valence-corrected chi connectivity index (χ4v) is 1.48. The summed E-state index contributed by atoms with van der Waals surface area (Å²) in [7, 11) is 0. The summed E-state index contributed by atoms with van der Waals surface area (Å²) < 4.78 is 18.4. The van der Waals surface area contributed by atoms with Gasteiger partial charge in [-0.3, -0.25) is 10.1 Å². The Labute approximate surface area is 85.0 Å². The smallest absolute Gasteiger partial charge is 0.296 e. The minimum Gasteiger partial charge on any atom is -0.486 e. The molecular formula is C9H9FN2O3. The molecule has 2 rings (SSSR count). The number of rotatable bonds is 1. The summed E-state index contributed by atoms with van der Waals surface area (Å²) in [5, 5.41) is 13.5. The number of nitro groups is 1. The summed E-state index contributed by atoms with van der Waals surface area (Å²) in [6, 6.07) is 2.09. The molecule has 0 fully saturated rings. The van der Waals surface area contributed by atoms with Crippen LogP contribution in [0.15, 0.2) is 12.1 Å². The van der Waals surface area contributed by atoms with Crippen molar-refractivity contribution in [1.29, 1.82) is 0 Å². The zero-order chi connectivity index (χ0) is 11.0. The fourth-order valence-electron chi connectivity index (χ4n) is 1.48. The van der Waals surface area contributed by atoms with Crippen molar-refractivity contribution in [2.24, 2.45) is 0 Å². The average Bonchev–Trinajstić information content (AvgIpc) is 2.17. The van der Waals surface area contributed by atoms with E-state index < -0.39 is 10.7 Å². The van der Waals surface area contributed by atoms with Crippen LogP contribution in [0.25, 0.3) is 0 Å². The van der Waals surface area contributed by atoms with Crippen LogP contribution in [0.3, 0.4) is 0 Å². The van der Waals surface area contributed by atoms with Gasteiger partial charge in [0.25, 0.3) is 5.69 Å². The number of nitro benzene ring substituents is 1. The molecule has 0 saturated heterocycles. The third-order valence-corrected chi connectivity index (χ3v) is 2.15. The Morgan fingerprint density at radius 3 is 3.07 bits per heavy atom. The van der Waals surface area contributed by atoms with E-state index in [0.717, 1.165) is 12.1 Å². The zero-order valence-corrected chi connectivity index (χ0v) is 7.99. The van der Waals surface area contributed by atoms with E-state index in [4.69, 9.17) is 4.74 Å². The van der Waals surface area contributed by atoms with E-state index in [0.29, 0.717) is 6.61 Å². The van der Waals surface area contributed by atoms with Crippen LogP contribution >= 0.6 is 0 Å². The van der Waals surface area contributed by atoms with E-state index in [-0.39, 0.29) is 23.2 Å². The summed E-state index contributed by atoms with van der Waals surface area (Å²) in [6.45, 7) is 2.10. The topological polar surface area (TPSA) is 64.4 Å². The highest BCUT2D eigenvalue weighted by Crippen LogP contribution is 2.39. The third-order valence-electron chi connectivity index (χ3n) is 2.15. The lowest BCUT2D eigenvalue weighted by Crippen LogP contribution is -2.29. The second-order valence-electron chi connectivity index (χ2n) is 3.38. The number of nitrogens with zero attached hydrogens (tertiary/aromatic N) is 1. The Hall–Kier alpha value is -1.85. The molecule has 0 radical (unpaired) electrons. The Kier molecular flexibility index (Phi) is 2.18. The molecule has 0 aliphatic carbocycles. The van der Waals surface area contributed by atoms with Gasteiger partial charge in [-0.1, -0.05) is 0 Å². The van der Waals surface area contributed by atoms with E-state index in [2.05, 4.69) is 5.32 Å². The summed E-state index contributed by atoms with van der Waals surface area (Å²) >= 11 is 0.